The monoisotopic (exact) mass is 788 g/mol. The van der Waals surface area contributed by atoms with Gasteiger partial charge in [0.2, 0.25) is 0 Å². The quantitative estimate of drug-likeness (QED) is 0.118. The van der Waals surface area contributed by atoms with E-state index in [9.17, 15) is 22.8 Å². The average Bonchev–Trinajstić information content (AvgIpc) is 3.78. The summed E-state index contributed by atoms with van der Waals surface area (Å²) < 4.78 is 50.7. The zero-order valence-electron chi connectivity index (χ0n) is 27.2. The number of esters is 2. The van der Waals surface area contributed by atoms with E-state index in [0.29, 0.717) is 28.8 Å². The van der Waals surface area contributed by atoms with Crippen LogP contribution in [0.3, 0.4) is 0 Å². The molecule has 4 aromatic heterocycles. The van der Waals surface area contributed by atoms with Gasteiger partial charge in [-0.2, -0.15) is 13.2 Å². The summed E-state index contributed by atoms with van der Waals surface area (Å²) >= 11 is 6.74. The Kier molecular flexibility index (Phi) is 10.9. The minimum atomic E-state index is -4.36. The molecule has 0 saturated heterocycles. The van der Waals surface area contributed by atoms with Gasteiger partial charge in [-0.3, -0.25) is 9.97 Å². The Morgan fingerprint density at radius 3 is 1.71 bits per heavy atom. The summed E-state index contributed by atoms with van der Waals surface area (Å²) in [4.78, 5) is 34.5. The second kappa shape index (κ2) is 15.5. The molecule has 0 aliphatic rings. The molecule has 0 spiro atoms. The van der Waals surface area contributed by atoms with Gasteiger partial charge in [-0.15, -0.1) is 22.7 Å². The van der Waals surface area contributed by atoms with E-state index in [0.717, 1.165) is 43.2 Å². The molecule has 4 heterocycles. The number of thiophene rings is 2. The predicted molar refractivity (Wildman–Crippen MR) is 200 cm³/mol. The molecule has 51 heavy (non-hydrogen) atoms. The van der Waals surface area contributed by atoms with Crippen molar-refractivity contribution in [2.24, 2.45) is 0 Å². The Balaban J connectivity index is 0.000000187. The first kappa shape index (κ1) is 35.9. The second-order valence-electron chi connectivity index (χ2n) is 11.2. The number of fused-ring (bicyclic) bond motifs is 2. The maximum atomic E-state index is 13.0. The molecule has 0 atom stereocenters. The normalized spacial score (nSPS) is 11.3. The number of hydrogen-bond donors (Lipinski definition) is 0. The van der Waals surface area contributed by atoms with Crippen molar-refractivity contribution >= 4 is 70.7 Å². The van der Waals surface area contributed by atoms with Gasteiger partial charge >= 0.3 is 18.1 Å². The average molecular weight is 790 g/mol. The number of benzene rings is 3. The van der Waals surface area contributed by atoms with E-state index in [1.54, 1.807) is 54.1 Å². The lowest BCUT2D eigenvalue weighted by Gasteiger charge is -2.08. The maximum Gasteiger partial charge on any atom is 0.416 e. The number of carbonyl (C=O) groups excluding carboxylic acids is 2. The summed E-state index contributed by atoms with van der Waals surface area (Å²) in [5, 5.41) is 3.00. The Morgan fingerprint density at radius 2 is 1.20 bits per heavy atom. The van der Waals surface area contributed by atoms with Crippen molar-refractivity contribution in [1.29, 1.82) is 0 Å². The third-order valence-electron chi connectivity index (χ3n) is 7.87. The zero-order valence-corrected chi connectivity index (χ0v) is 30.4. The maximum absolute atomic E-state index is 13.0. The highest BCUT2D eigenvalue weighted by Crippen LogP contribution is 2.37. The molecule has 12 heteroatoms. The fraction of sp³-hybridized carbons (Fsp3) is 0.128. The first-order valence-corrected chi connectivity index (χ1v) is 18.2. The van der Waals surface area contributed by atoms with E-state index in [4.69, 9.17) is 9.47 Å². The van der Waals surface area contributed by atoms with Crippen molar-refractivity contribution < 1.29 is 32.2 Å². The lowest BCUT2D eigenvalue weighted by Crippen LogP contribution is -2.05. The van der Waals surface area contributed by atoms with E-state index in [-0.39, 0.29) is 5.97 Å². The Morgan fingerprint density at radius 1 is 0.686 bits per heavy atom. The van der Waals surface area contributed by atoms with Crippen molar-refractivity contribution in [3.63, 3.8) is 0 Å². The lowest BCUT2D eigenvalue weighted by atomic mass is 10.1. The number of halogens is 4. The highest BCUT2D eigenvalue weighted by atomic mass is 79.9. The van der Waals surface area contributed by atoms with Gasteiger partial charge in [0.1, 0.15) is 0 Å². The van der Waals surface area contributed by atoms with Crippen molar-refractivity contribution in [2.75, 3.05) is 14.2 Å². The van der Waals surface area contributed by atoms with E-state index in [2.05, 4.69) is 38.0 Å². The van der Waals surface area contributed by atoms with Gasteiger partial charge in [-0.1, -0.05) is 70.5 Å². The smallest absolute Gasteiger partial charge is 0.416 e. The largest absolute Gasteiger partial charge is 0.465 e. The number of pyridine rings is 2. The van der Waals surface area contributed by atoms with Crippen LogP contribution in [0.2, 0.25) is 0 Å². The molecule has 0 saturated carbocycles. The standard InChI is InChI=1S/C23H16F3NO2S.C16H12BrNO2S/c1-29-22(28)16-8-9-27-20(13-16)19-7-3-5-15-12-18(30-21(15)19)11-14-4-2-6-17(10-14)23(24,25)26;1-20-16(19)11-5-6-18-14(8-11)13-4-2-3-10-7-12(9-17)21-15(10)13/h2-10,12-13H,11H2,1H3;2-8H,9H2,1H3. The molecule has 258 valence electrons. The van der Waals surface area contributed by atoms with Crippen LogP contribution in [-0.4, -0.2) is 36.1 Å². The van der Waals surface area contributed by atoms with Crippen LogP contribution >= 0.6 is 38.6 Å². The van der Waals surface area contributed by atoms with E-state index < -0.39 is 17.7 Å². The number of methoxy groups -OCH3 is 2. The van der Waals surface area contributed by atoms with Crippen LogP contribution in [0.4, 0.5) is 13.2 Å². The molecule has 0 unspecified atom stereocenters. The number of ether oxygens (including phenoxy) is 2. The number of hydrogen-bond acceptors (Lipinski definition) is 8. The Bertz CT molecular complexity index is 2370. The molecule has 0 amide bonds. The molecule has 6 nitrogen and oxygen atoms in total. The van der Waals surface area contributed by atoms with Gasteiger partial charge in [0.15, 0.2) is 0 Å². The predicted octanol–water partition coefficient (Wildman–Crippen LogP) is 11.0. The van der Waals surface area contributed by atoms with Crippen LogP contribution in [0, 0.1) is 0 Å². The molecule has 0 N–H and O–H groups in total. The highest BCUT2D eigenvalue weighted by molar-refractivity contribution is 9.08. The zero-order chi connectivity index (χ0) is 36.1. The van der Waals surface area contributed by atoms with Gasteiger partial charge in [-0.05, 0) is 58.8 Å². The molecule has 0 bridgehead atoms. The molecule has 7 rings (SSSR count). The van der Waals surface area contributed by atoms with Crippen molar-refractivity contribution in [1.82, 2.24) is 9.97 Å². The highest BCUT2D eigenvalue weighted by Gasteiger charge is 2.30. The summed E-state index contributed by atoms with van der Waals surface area (Å²) in [7, 11) is 2.70. The molecule has 0 aliphatic heterocycles. The molecule has 3 aromatic carbocycles. The third-order valence-corrected chi connectivity index (χ3v) is 11.2. The minimum Gasteiger partial charge on any atom is -0.465 e. The summed E-state index contributed by atoms with van der Waals surface area (Å²) in [5.41, 5.74) is 4.18. The van der Waals surface area contributed by atoms with Crippen molar-refractivity contribution in [3.8, 4) is 22.5 Å². The van der Waals surface area contributed by atoms with E-state index in [1.807, 2.05) is 36.4 Å². The van der Waals surface area contributed by atoms with Crippen LogP contribution in [0.1, 0.15) is 41.6 Å². The molecule has 7 aromatic rings. The Labute approximate surface area is 307 Å². The first-order valence-electron chi connectivity index (χ1n) is 15.4. The molecule has 0 aliphatic carbocycles. The number of alkyl halides is 4. The fourth-order valence-electron chi connectivity index (χ4n) is 5.49. The van der Waals surface area contributed by atoms with Crippen molar-refractivity contribution in [2.45, 2.75) is 17.9 Å². The van der Waals surface area contributed by atoms with Gasteiger partial charge in [0.05, 0.1) is 42.3 Å². The number of carbonyl (C=O) groups is 2. The van der Waals surface area contributed by atoms with E-state index >= 15 is 0 Å². The first-order chi connectivity index (χ1) is 24.6. The van der Waals surface area contributed by atoms with Gasteiger partial charge in [0.25, 0.3) is 0 Å². The van der Waals surface area contributed by atoms with Gasteiger partial charge in [-0.25, -0.2) is 9.59 Å². The van der Waals surface area contributed by atoms with Crippen LogP contribution in [0.15, 0.2) is 109 Å². The minimum absolute atomic E-state index is 0.349. The van der Waals surface area contributed by atoms with Crippen molar-refractivity contribution in [3.05, 3.63) is 141 Å². The summed E-state index contributed by atoms with van der Waals surface area (Å²) in [6.45, 7) is 0. The van der Waals surface area contributed by atoms with Gasteiger partial charge in [0, 0.05) is 54.4 Å². The van der Waals surface area contributed by atoms with Crippen LogP contribution in [0.5, 0.6) is 0 Å². The summed E-state index contributed by atoms with van der Waals surface area (Å²) in [6.07, 6.45) is -0.769. The van der Waals surface area contributed by atoms with Gasteiger partial charge < -0.3 is 9.47 Å². The van der Waals surface area contributed by atoms with Crippen LogP contribution in [0.25, 0.3) is 42.7 Å². The van der Waals surface area contributed by atoms with E-state index in [1.165, 1.54) is 52.7 Å². The topological polar surface area (TPSA) is 78.4 Å². The van der Waals surface area contributed by atoms with Crippen LogP contribution < -0.4 is 0 Å². The summed E-state index contributed by atoms with van der Waals surface area (Å²) in [5.74, 6) is -0.791. The fourth-order valence-corrected chi connectivity index (χ4v) is 8.24. The second-order valence-corrected chi connectivity index (χ2v) is 14.1. The molecular formula is C39H28BrF3N2O4S2. The number of rotatable bonds is 7. The number of nitrogens with zero attached hydrogens (tertiary/aromatic N) is 2. The van der Waals surface area contributed by atoms with Crippen LogP contribution in [-0.2, 0) is 27.4 Å². The lowest BCUT2D eigenvalue weighted by molar-refractivity contribution is -0.137. The third kappa shape index (κ3) is 8.19. The molecular weight excluding hydrogens is 761 g/mol. The SMILES string of the molecule is COC(=O)c1ccnc(-c2cccc3cc(CBr)sc23)c1.COC(=O)c1ccnc(-c2cccc3cc(Cc4cccc(C(F)(F)F)c4)sc23)c1. The number of aromatic nitrogens is 2. The molecule has 0 fully saturated rings. The molecule has 0 radical (unpaired) electrons. The Hall–Kier alpha value is -4.91. The summed E-state index contributed by atoms with van der Waals surface area (Å²) in [6, 6.07) is 28.1.